The minimum Gasteiger partial charge on any atom is -0.455 e. The summed E-state index contributed by atoms with van der Waals surface area (Å²) in [5.74, 6) is 1.14. The lowest BCUT2D eigenvalue weighted by atomic mass is 10.1. The second kappa shape index (κ2) is 5.94. The number of rotatable bonds is 3. The number of alkyl halides is 1. The zero-order valence-corrected chi connectivity index (χ0v) is 13.6. The molecule has 2 atom stereocenters. The van der Waals surface area contributed by atoms with Gasteiger partial charge in [-0.2, -0.15) is 0 Å². The largest absolute Gasteiger partial charge is 0.455 e. The highest BCUT2D eigenvalue weighted by Gasteiger charge is 2.35. The molecule has 0 aliphatic heterocycles. The number of ether oxygens (including phenoxy) is 1. The van der Waals surface area contributed by atoms with E-state index in [0.717, 1.165) is 14.9 Å². The van der Waals surface area contributed by atoms with E-state index in [1.807, 2.05) is 18.4 Å². The van der Waals surface area contributed by atoms with Crippen molar-refractivity contribution in [1.82, 2.24) is 4.98 Å². The predicted molar refractivity (Wildman–Crippen MR) is 83.8 cm³/mol. The SMILES string of the molecule is CSc1ccc(Oc2cncc(Br)c2)c2c1C(O)C(F)C2. The second-order valence-electron chi connectivity index (χ2n) is 4.76. The molecule has 0 fully saturated rings. The van der Waals surface area contributed by atoms with Gasteiger partial charge in [-0.05, 0) is 40.4 Å². The van der Waals surface area contributed by atoms with Gasteiger partial charge in [-0.25, -0.2) is 4.39 Å². The van der Waals surface area contributed by atoms with Crippen LogP contribution in [0.15, 0.2) is 40.0 Å². The van der Waals surface area contributed by atoms with E-state index in [1.54, 1.807) is 18.5 Å². The van der Waals surface area contributed by atoms with Gasteiger partial charge in [0.15, 0.2) is 0 Å². The van der Waals surface area contributed by atoms with Crippen LogP contribution >= 0.6 is 27.7 Å². The molecule has 1 aromatic heterocycles. The quantitative estimate of drug-likeness (QED) is 0.819. The Hall–Kier alpha value is -1.11. The summed E-state index contributed by atoms with van der Waals surface area (Å²) < 4.78 is 20.5. The maximum atomic E-state index is 13.9. The molecule has 2 aromatic rings. The highest BCUT2D eigenvalue weighted by atomic mass is 79.9. The molecule has 0 bridgehead atoms. The van der Waals surface area contributed by atoms with Crippen molar-refractivity contribution in [3.63, 3.8) is 0 Å². The molecule has 1 aromatic carbocycles. The first kappa shape index (κ1) is 14.8. The maximum absolute atomic E-state index is 13.9. The van der Waals surface area contributed by atoms with E-state index >= 15 is 0 Å². The first-order chi connectivity index (χ1) is 10.1. The third-order valence-electron chi connectivity index (χ3n) is 3.44. The van der Waals surface area contributed by atoms with Crippen LogP contribution < -0.4 is 4.74 Å². The topological polar surface area (TPSA) is 42.4 Å². The van der Waals surface area contributed by atoms with Gasteiger partial charge in [-0.3, -0.25) is 4.98 Å². The average molecular weight is 370 g/mol. The second-order valence-corrected chi connectivity index (χ2v) is 6.53. The van der Waals surface area contributed by atoms with E-state index in [0.29, 0.717) is 17.1 Å². The Morgan fingerprint density at radius 3 is 2.95 bits per heavy atom. The van der Waals surface area contributed by atoms with Gasteiger partial charge in [0.1, 0.15) is 23.8 Å². The molecule has 1 heterocycles. The number of fused-ring (bicyclic) bond motifs is 1. The van der Waals surface area contributed by atoms with Gasteiger partial charge in [0, 0.05) is 33.1 Å². The Morgan fingerprint density at radius 2 is 2.24 bits per heavy atom. The highest BCUT2D eigenvalue weighted by molar-refractivity contribution is 9.10. The number of halogens is 2. The Balaban J connectivity index is 2.01. The zero-order chi connectivity index (χ0) is 15.0. The smallest absolute Gasteiger partial charge is 0.146 e. The van der Waals surface area contributed by atoms with E-state index in [9.17, 15) is 9.50 Å². The monoisotopic (exact) mass is 369 g/mol. The third-order valence-corrected chi connectivity index (χ3v) is 4.67. The highest BCUT2D eigenvalue weighted by Crippen LogP contribution is 2.44. The van der Waals surface area contributed by atoms with Crippen LogP contribution in [0.4, 0.5) is 4.39 Å². The molecule has 1 N–H and O–H groups in total. The Morgan fingerprint density at radius 1 is 1.43 bits per heavy atom. The molecule has 0 saturated carbocycles. The lowest BCUT2D eigenvalue weighted by molar-refractivity contribution is 0.0908. The summed E-state index contributed by atoms with van der Waals surface area (Å²) in [6, 6.07) is 5.46. The summed E-state index contributed by atoms with van der Waals surface area (Å²) in [6.45, 7) is 0. The molecule has 6 heteroatoms. The number of hydrogen-bond donors (Lipinski definition) is 1. The van der Waals surface area contributed by atoms with Crippen molar-refractivity contribution < 1.29 is 14.2 Å². The van der Waals surface area contributed by atoms with E-state index in [1.165, 1.54) is 11.8 Å². The summed E-state index contributed by atoms with van der Waals surface area (Å²) in [6.07, 6.45) is 2.98. The molecule has 0 amide bonds. The fourth-order valence-electron chi connectivity index (χ4n) is 2.49. The van der Waals surface area contributed by atoms with Crippen LogP contribution in [0.25, 0.3) is 0 Å². The maximum Gasteiger partial charge on any atom is 0.146 e. The number of thioether (sulfide) groups is 1. The Bertz CT molecular complexity index is 683. The summed E-state index contributed by atoms with van der Waals surface area (Å²) in [4.78, 5) is 4.92. The van der Waals surface area contributed by atoms with Gasteiger partial charge in [-0.1, -0.05) is 0 Å². The number of aromatic nitrogens is 1. The van der Waals surface area contributed by atoms with Crippen molar-refractivity contribution in [2.75, 3.05) is 6.26 Å². The van der Waals surface area contributed by atoms with Crippen molar-refractivity contribution in [1.29, 1.82) is 0 Å². The van der Waals surface area contributed by atoms with Crippen LogP contribution in [-0.4, -0.2) is 22.5 Å². The number of nitrogens with zero attached hydrogens (tertiary/aromatic N) is 1. The molecule has 3 rings (SSSR count). The predicted octanol–water partition coefficient (Wildman–Crippen LogP) is 4.29. The fraction of sp³-hybridized carbons (Fsp3) is 0.267. The number of aliphatic hydroxyl groups excluding tert-OH is 1. The minimum absolute atomic E-state index is 0.168. The summed E-state index contributed by atoms with van der Waals surface area (Å²) in [5.41, 5.74) is 1.39. The van der Waals surface area contributed by atoms with E-state index in [-0.39, 0.29) is 6.42 Å². The molecule has 0 radical (unpaired) electrons. The molecule has 3 nitrogen and oxygen atoms in total. The first-order valence-electron chi connectivity index (χ1n) is 6.40. The van der Waals surface area contributed by atoms with Gasteiger partial charge < -0.3 is 9.84 Å². The van der Waals surface area contributed by atoms with Crippen LogP contribution in [0.5, 0.6) is 11.5 Å². The van der Waals surface area contributed by atoms with E-state index in [4.69, 9.17) is 4.74 Å². The molecule has 2 unspecified atom stereocenters. The van der Waals surface area contributed by atoms with Crippen molar-refractivity contribution in [3.8, 4) is 11.5 Å². The zero-order valence-electron chi connectivity index (χ0n) is 11.2. The number of pyridine rings is 1. The van der Waals surface area contributed by atoms with Crippen LogP contribution in [-0.2, 0) is 6.42 Å². The molecule has 1 aliphatic carbocycles. The van der Waals surface area contributed by atoms with Gasteiger partial charge in [-0.15, -0.1) is 11.8 Å². The number of hydrogen-bond acceptors (Lipinski definition) is 4. The van der Waals surface area contributed by atoms with Crippen LogP contribution in [0.1, 0.15) is 17.2 Å². The van der Waals surface area contributed by atoms with Gasteiger partial charge in [0.2, 0.25) is 0 Å². The van der Waals surface area contributed by atoms with Gasteiger partial charge in [0.05, 0.1) is 6.20 Å². The van der Waals surface area contributed by atoms with Gasteiger partial charge in [0.25, 0.3) is 0 Å². The van der Waals surface area contributed by atoms with Crippen molar-refractivity contribution in [3.05, 3.63) is 46.2 Å². The van der Waals surface area contributed by atoms with Crippen molar-refractivity contribution >= 4 is 27.7 Å². The fourth-order valence-corrected chi connectivity index (χ4v) is 3.51. The normalized spacial score (nSPS) is 20.4. The van der Waals surface area contributed by atoms with Crippen molar-refractivity contribution in [2.45, 2.75) is 23.6 Å². The summed E-state index contributed by atoms with van der Waals surface area (Å²) in [5, 5.41) is 10.0. The lowest BCUT2D eigenvalue weighted by Crippen LogP contribution is -2.06. The minimum atomic E-state index is -1.28. The summed E-state index contributed by atoms with van der Waals surface area (Å²) >= 11 is 4.83. The molecule has 110 valence electrons. The molecule has 1 aliphatic rings. The van der Waals surface area contributed by atoms with Gasteiger partial charge >= 0.3 is 0 Å². The Kier molecular flexibility index (Phi) is 4.19. The summed E-state index contributed by atoms with van der Waals surface area (Å²) in [7, 11) is 0. The standard InChI is InChI=1S/C15H13BrFNO2S/c1-21-13-3-2-12(10-5-11(17)15(19)14(10)13)20-9-4-8(16)6-18-7-9/h2-4,6-7,11,15,19H,5H2,1H3. The molecular weight excluding hydrogens is 357 g/mol. The lowest BCUT2D eigenvalue weighted by Gasteiger charge is -2.14. The molecule has 0 spiro atoms. The average Bonchev–Trinajstić information content (AvgIpc) is 2.76. The molecule has 21 heavy (non-hydrogen) atoms. The van der Waals surface area contributed by atoms with Crippen molar-refractivity contribution in [2.24, 2.45) is 0 Å². The molecule has 0 saturated heterocycles. The van der Waals surface area contributed by atoms with Crippen LogP contribution in [0.2, 0.25) is 0 Å². The first-order valence-corrected chi connectivity index (χ1v) is 8.42. The molecular formula is C15H13BrFNO2S. The van der Waals surface area contributed by atoms with E-state index < -0.39 is 12.3 Å². The number of benzene rings is 1. The van der Waals surface area contributed by atoms with Crippen LogP contribution in [0, 0.1) is 0 Å². The van der Waals surface area contributed by atoms with Crippen LogP contribution in [0.3, 0.4) is 0 Å². The number of aliphatic hydroxyl groups is 1. The van der Waals surface area contributed by atoms with E-state index in [2.05, 4.69) is 20.9 Å². The third kappa shape index (κ3) is 2.80. The Labute approximate surface area is 134 Å².